The fraction of sp³-hybridized carbons (Fsp3) is 0. The summed E-state index contributed by atoms with van der Waals surface area (Å²) in [6, 6.07) is 15.9. The Hall–Kier alpha value is -1.69. The van der Waals surface area contributed by atoms with Crippen LogP contribution in [-0.2, 0) is 0 Å². The normalized spacial score (nSPS) is 11.2. The number of hydrogen-bond donors (Lipinski definition) is 0. The lowest BCUT2D eigenvalue weighted by molar-refractivity contribution is 1.11. The highest BCUT2D eigenvalue weighted by atomic mass is 79.9. The van der Waals surface area contributed by atoms with Crippen LogP contribution in [-0.4, -0.2) is 14.6 Å². The molecule has 0 amide bonds. The smallest absolute Gasteiger partial charge is 0.216 e. The van der Waals surface area contributed by atoms with Crippen molar-refractivity contribution in [2.75, 3.05) is 0 Å². The van der Waals surface area contributed by atoms with Gasteiger partial charge in [0.2, 0.25) is 4.96 Å². The number of rotatable bonds is 2. The lowest BCUT2D eigenvalue weighted by Gasteiger charge is -2.04. The van der Waals surface area contributed by atoms with E-state index in [1.807, 2.05) is 48.5 Å². The van der Waals surface area contributed by atoms with Crippen LogP contribution in [0.5, 0.6) is 0 Å². The van der Waals surface area contributed by atoms with Crippen molar-refractivity contribution in [3.63, 3.8) is 0 Å². The second-order valence-corrected chi connectivity index (χ2v) is 6.97. The van der Waals surface area contributed by atoms with Crippen LogP contribution in [0.2, 0.25) is 5.02 Å². The Morgan fingerprint density at radius 1 is 1.00 bits per heavy atom. The van der Waals surface area contributed by atoms with E-state index < -0.39 is 0 Å². The first-order chi connectivity index (χ1) is 10.7. The summed E-state index contributed by atoms with van der Waals surface area (Å²) in [7, 11) is 0. The summed E-state index contributed by atoms with van der Waals surface area (Å²) in [5.41, 5.74) is 3.18. The summed E-state index contributed by atoms with van der Waals surface area (Å²) >= 11 is 11.1. The zero-order valence-electron chi connectivity index (χ0n) is 11.2. The van der Waals surface area contributed by atoms with E-state index in [-0.39, 0.29) is 0 Å². The van der Waals surface area contributed by atoms with Crippen molar-refractivity contribution < 1.29 is 0 Å². The molecule has 0 bridgehead atoms. The highest BCUT2D eigenvalue weighted by Gasteiger charge is 2.15. The van der Waals surface area contributed by atoms with Gasteiger partial charge in [-0.05, 0) is 29.8 Å². The molecule has 6 heteroatoms. The molecule has 0 unspecified atom stereocenters. The van der Waals surface area contributed by atoms with Crippen molar-refractivity contribution in [3.05, 3.63) is 63.4 Å². The van der Waals surface area contributed by atoms with E-state index in [1.54, 1.807) is 11.3 Å². The zero-order chi connectivity index (χ0) is 15.1. The van der Waals surface area contributed by atoms with Crippen LogP contribution in [0.25, 0.3) is 27.6 Å². The number of benzene rings is 2. The van der Waals surface area contributed by atoms with Gasteiger partial charge >= 0.3 is 0 Å². The average molecular weight is 391 g/mol. The maximum absolute atomic E-state index is 5.98. The van der Waals surface area contributed by atoms with Gasteiger partial charge in [0.05, 0.1) is 5.69 Å². The first kappa shape index (κ1) is 13.9. The van der Waals surface area contributed by atoms with Gasteiger partial charge in [0, 0.05) is 20.4 Å². The van der Waals surface area contributed by atoms with Crippen LogP contribution in [0.1, 0.15) is 0 Å². The van der Waals surface area contributed by atoms with Crippen molar-refractivity contribution in [3.8, 4) is 22.6 Å². The second-order valence-electron chi connectivity index (χ2n) is 4.78. The topological polar surface area (TPSA) is 30.2 Å². The monoisotopic (exact) mass is 389 g/mol. The Morgan fingerprint density at radius 2 is 1.82 bits per heavy atom. The third-order valence-corrected chi connectivity index (χ3v) is 4.93. The first-order valence-electron chi connectivity index (χ1n) is 6.57. The summed E-state index contributed by atoms with van der Waals surface area (Å²) in [6.07, 6.45) is 0. The summed E-state index contributed by atoms with van der Waals surface area (Å²) < 4.78 is 3.10. The minimum atomic E-state index is 0.728. The molecule has 0 saturated heterocycles. The van der Waals surface area contributed by atoms with E-state index in [1.165, 1.54) is 0 Å². The van der Waals surface area contributed by atoms with Crippen LogP contribution in [0, 0.1) is 0 Å². The molecule has 108 valence electrons. The quantitative estimate of drug-likeness (QED) is 0.450. The van der Waals surface area contributed by atoms with E-state index in [4.69, 9.17) is 11.6 Å². The Labute approximate surface area is 144 Å². The molecule has 2 aromatic carbocycles. The Balaban J connectivity index is 1.94. The van der Waals surface area contributed by atoms with E-state index in [2.05, 4.69) is 35.9 Å². The Kier molecular flexibility index (Phi) is 3.48. The van der Waals surface area contributed by atoms with Crippen molar-refractivity contribution in [2.45, 2.75) is 0 Å². The molecule has 0 aliphatic heterocycles. The molecule has 0 aliphatic rings. The van der Waals surface area contributed by atoms with Gasteiger partial charge in [0.25, 0.3) is 0 Å². The number of aromatic nitrogens is 3. The molecular formula is C16H9BrClN3S. The molecular weight excluding hydrogens is 382 g/mol. The molecule has 0 saturated carbocycles. The van der Waals surface area contributed by atoms with Gasteiger partial charge in [-0.1, -0.05) is 51.8 Å². The largest absolute Gasteiger partial charge is 0.265 e. The zero-order valence-corrected chi connectivity index (χ0v) is 14.4. The Morgan fingerprint density at radius 3 is 2.59 bits per heavy atom. The van der Waals surface area contributed by atoms with Gasteiger partial charge in [-0.15, -0.1) is 21.5 Å². The van der Waals surface area contributed by atoms with Crippen molar-refractivity contribution in [1.29, 1.82) is 0 Å². The van der Waals surface area contributed by atoms with Crippen LogP contribution in [0.3, 0.4) is 0 Å². The Bertz CT molecular complexity index is 959. The van der Waals surface area contributed by atoms with Gasteiger partial charge in [-0.3, -0.25) is 4.40 Å². The van der Waals surface area contributed by atoms with E-state index >= 15 is 0 Å². The minimum absolute atomic E-state index is 0.728. The minimum Gasteiger partial charge on any atom is -0.265 e. The van der Waals surface area contributed by atoms with E-state index in [0.717, 1.165) is 37.1 Å². The van der Waals surface area contributed by atoms with E-state index in [9.17, 15) is 0 Å². The average Bonchev–Trinajstić information content (AvgIpc) is 3.10. The molecule has 3 nitrogen and oxygen atoms in total. The number of hydrogen-bond acceptors (Lipinski definition) is 3. The molecule has 0 radical (unpaired) electrons. The summed E-state index contributed by atoms with van der Waals surface area (Å²) in [6.45, 7) is 0. The van der Waals surface area contributed by atoms with Crippen LogP contribution < -0.4 is 0 Å². The van der Waals surface area contributed by atoms with Gasteiger partial charge in [0.15, 0.2) is 5.82 Å². The van der Waals surface area contributed by atoms with Crippen LogP contribution in [0.4, 0.5) is 0 Å². The maximum atomic E-state index is 5.98. The van der Waals surface area contributed by atoms with Gasteiger partial charge in [0.1, 0.15) is 0 Å². The standard InChI is InChI=1S/C16H9BrClN3S/c17-12-3-1-2-11(8-12)15-19-20-16-21(15)14(9-22-16)10-4-6-13(18)7-5-10/h1-9H. The SMILES string of the molecule is Clc1ccc(-c2csc3nnc(-c4cccc(Br)c4)n23)cc1. The number of fused-ring (bicyclic) bond motifs is 1. The maximum Gasteiger partial charge on any atom is 0.216 e. The summed E-state index contributed by atoms with van der Waals surface area (Å²) in [5.74, 6) is 0.836. The number of halogens is 2. The molecule has 0 spiro atoms. The second kappa shape index (κ2) is 5.50. The lowest BCUT2D eigenvalue weighted by atomic mass is 10.1. The van der Waals surface area contributed by atoms with Crippen LogP contribution in [0.15, 0.2) is 58.4 Å². The first-order valence-corrected chi connectivity index (χ1v) is 8.62. The third-order valence-electron chi connectivity index (χ3n) is 3.37. The third kappa shape index (κ3) is 2.35. The summed E-state index contributed by atoms with van der Waals surface area (Å²) in [4.78, 5) is 0.875. The molecule has 0 N–H and O–H groups in total. The predicted molar refractivity (Wildman–Crippen MR) is 94.4 cm³/mol. The highest BCUT2D eigenvalue weighted by Crippen LogP contribution is 2.31. The number of nitrogens with zero attached hydrogens (tertiary/aromatic N) is 3. The molecule has 4 rings (SSSR count). The van der Waals surface area contributed by atoms with Crippen molar-refractivity contribution in [1.82, 2.24) is 14.6 Å². The lowest BCUT2D eigenvalue weighted by Crippen LogP contribution is -1.91. The molecule has 0 fully saturated rings. The molecule has 4 aromatic rings. The van der Waals surface area contributed by atoms with Crippen molar-refractivity contribution >= 4 is 43.8 Å². The molecule has 2 heterocycles. The fourth-order valence-corrected chi connectivity index (χ4v) is 3.72. The number of thiazole rings is 1. The van der Waals surface area contributed by atoms with Crippen LogP contribution >= 0.6 is 38.9 Å². The van der Waals surface area contributed by atoms with E-state index in [0.29, 0.717) is 0 Å². The molecule has 2 aromatic heterocycles. The fourth-order valence-electron chi connectivity index (χ4n) is 2.36. The molecule has 0 aliphatic carbocycles. The summed E-state index contributed by atoms with van der Waals surface area (Å²) in [5, 5.41) is 11.4. The molecule has 22 heavy (non-hydrogen) atoms. The molecule has 0 atom stereocenters. The van der Waals surface area contributed by atoms with Gasteiger partial charge < -0.3 is 0 Å². The van der Waals surface area contributed by atoms with Gasteiger partial charge in [-0.25, -0.2) is 0 Å². The predicted octanol–water partition coefficient (Wildman–Crippen LogP) is 5.54. The van der Waals surface area contributed by atoms with Crippen molar-refractivity contribution in [2.24, 2.45) is 0 Å². The highest BCUT2D eigenvalue weighted by molar-refractivity contribution is 9.10. The van der Waals surface area contributed by atoms with Gasteiger partial charge in [-0.2, -0.15) is 0 Å².